The lowest BCUT2D eigenvalue weighted by Gasteiger charge is -2.11. The van der Waals surface area contributed by atoms with Crippen molar-refractivity contribution >= 4 is 40.0 Å². The minimum Gasteiger partial charge on any atom is -0.318 e. The fourth-order valence-corrected chi connectivity index (χ4v) is 3.69. The summed E-state index contributed by atoms with van der Waals surface area (Å²) in [4.78, 5) is 41.5. The van der Waals surface area contributed by atoms with E-state index in [1.54, 1.807) is 12.1 Å². The normalized spacial score (nSPS) is 10.8. The lowest BCUT2D eigenvalue weighted by atomic mass is 10.2. The van der Waals surface area contributed by atoms with Gasteiger partial charge >= 0.3 is 0 Å². The van der Waals surface area contributed by atoms with Gasteiger partial charge in [-0.2, -0.15) is 0 Å². The quantitative estimate of drug-likeness (QED) is 0.417. The molecule has 2 heterocycles. The second-order valence-corrected chi connectivity index (χ2v) is 7.65. The number of Topliss-reactive ketones (excluding diaryl/α,β-unsaturated/α-hetero) is 1. The third kappa shape index (κ3) is 5.51. The van der Waals surface area contributed by atoms with E-state index in [2.05, 4.69) is 22.8 Å². The van der Waals surface area contributed by atoms with E-state index in [0.29, 0.717) is 4.88 Å². The average Bonchev–Trinajstić information content (AvgIpc) is 3.38. The molecule has 0 saturated heterocycles. The molecule has 0 spiro atoms. The number of nitrogens with zero attached hydrogens (tertiary/aromatic N) is 2. The number of amides is 2. The van der Waals surface area contributed by atoms with Gasteiger partial charge in [0.05, 0.1) is 15.9 Å². The lowest BCUT2D eigenvalue weighted by Crippen LogP contribution is -2.43. The average molecular weight is 413 g/mol. The summed E-state index contributed by atoms with van der Waals surface area (Å²) in [6.07, 6.45) is 2.94. The lowest BCUT2D eigenvalue weighted by molar-refractivity contribution is -0.129. The maximum absolute atomic E-state index is 12.4. The minimum absolute atomic E-state index is 0.0206. The van der Waals surface area contributed by atoms with Crippen molar-refractivity contribution in [2.75, 3.05) is 0 Å². The molecule has 0 unspecified atom stereocenters. The highest BCUT2D eigenvalue weighted by atomic mass is 32.1. The van der Waals surface area contributed by atoms with E-state index in [9.17, 15) is 14.4 Å². The number of ketones is 1. The van der Waals surface area contributed by atoms with E-state index >= 15 is 0 Å². The van der Waals surface area contributed by atoms with Gasteiger partial charge in [0.25, 0.3) is 5.91 Å². The number of hydrogen-bond acceptors (Lipinski definition) is 5. The number of carbonyl (C=O) groups is 3. The molecule has 0 aliphatic heterocycles. The van der Waals surface area contributed by atoms with Crippen LogP contribution in [0.15, 0.2) is 41.8 Å². The standard InChI is InChI=1S/C21H24N4O3S/c1-2-3-10-19-22-15-7-4-5-8-16(15)25(19)14-21(28)24-23-20(27)12-11-17(26)18-9-6-13-29-18/h4-9,13H,2-3,10-12,14H2,1H3,(H,23,27)(H,24,28). The topological polar surface area (TPSA) is 93.1 Å². The van der Waals surface area contributed by atoms with Crippen molar-refractivity contribution in [3.63, 3.8) is 0 Å². The Kier molecular flexibility index (Phi) is 7.13. The summed E-state index contributed by atoms with van der Waals surface area (Å²) in [5.74, 6) is 0.0387. The van der Waals surface area contributed by atoms with E-state index in [0.717, 1.165) is 36.1 Å². The molecule has 2 amide bonds. The number of rotatable bonds is 9. The van der Waals surface area contributed by atoms with Crippen LogP contribution in [0.2, 0.25) is 0 Å². The maximum atomic E-state index is 12.4. The summed E-state index contributed by atoms with van der Waals surface area (Å²) < 4.78 is 1.88. The predicted molar refractivity (Wildman–Crippen MR) is 113 cm³/mol. The SMILES string of the molecule is CCCCc1nc2ccccc2n1CC(=O)NNC(=O)CCC(=O)c1cccs1. The van der Waals surface area contributed by atoms with E-state index in [-0.39, 0.29) is 31.1 Å². The van der Waals surface area contributed by atoms with E-state index in [1.807, 2.05) is 34.2 Å². The minimum atomic E-state index is -0.398. The second-order valence-electron chi connectivity index (χ2n) is 6.70. The van der Waals surface area contributed by atoms with Gasteiger partial charge in [-0.25, -0.2) is 4.98 Å². The van der Waals surface area contributed by atoms with Crippen LogP contribution in [0, 0.1) is 0 Å². The fraction of sp³-hybridized carbons (Fsp3) is 0.333. The molecule has 0 saturated carbocycles. The molecule has 0 radical (unpaired) electrons. The van der Waals surface area contributed by atoms with Crippen molar-refractivity contribution in [3.05, 3.63) is 52.5 Å². The number of aryl methyl sites for hydroxylation is 1. The van der Waals surface area contributed by atoms with Crippen molar-refractivity contribution in [2.45, 2.75) is 45.6 Å². The van der Waals surface area contributed by atoms with Gasteiger partial charge in [0.2, 0.25) is 5.91 Å². The molecular weight excluding hydrogens is 388 g/mol. The number of fused-ring (bicyclic) bond motifs is 1. The van der Waals surface area contributed by atoms with Crippen molar-refractivity contribution in [1.29, 1.82) is 0 Å². The molecule has 0 fully saturated rings. The third-order valence-electron chi connectivity index (χ3n) is 4.51. The monoisotopic (exact) mass is 412 g/mol. The summed E-state index contributed by atoms with van der Waals surface area (Å²) in [7, 11) is 0. The Balaban J connectivity index is 1.54. The molecule has 3 rings (SSSR count). The van der Waals surface area contributed by atoms with Gasteiger partial charge in [0, 0.05) is 19.3 Å². The predicted octanol–water partition coefficient (Wildman–Crippen LogP) is 3.25. The van der Waals surface area contributed by atoms with Crippen molar-refractivity contribution in [3.8, 4) is 0 Å². The fourth-order valence-electron chi connectivity index (χ4n) is 3.00. The van der Waals surface area contributed by atoms with Crippen LogP contribution in [0.1, 0.15) is 48.1 Å². The second kappa shape index (κ2) is 9.97. The first-order valence-corrected chi connectivity index (χ1v) is 10.5. The number of hydrogen-bond donors (Lipinski definition) is 2. The molecule has 0 bridgehead atoms. The Bertz CT molecular complexity index is 995. The molecule has 3 aromatic rings. The largest absolute Gasteiger partial charge is 0.318 e. The highest BCUT2D eigenvalue weighted by Crippen LogP contribution is 2.17. The zero-order valence-electron chi connectivity index (χ0n) is 16.3. The van der Waals surface area contributed by atoms with Crippen LogP contribution in [-0.2, 0) is 22.6 Å². The third-order valence-corrected chi connectivity index (χ3v) is 5.42. The first-order chi connectivity index (χ1) is 14.1. The molecule has 8 heteroatoms. The van der Waals surface area contributed by atoms with E-state index < -0.39 is 5.91 Å². The Hall–Kier alpha value is -3.00. The van der Waals surface area contributed by atoms with Crippen molar-refractivity contribution in [2.24, 2.45) is 0 Å². The van der Waals surface area contributed by atoms with Crippen LogP contribution < -0.4 is 10.9 Å². The van der Waals surface area contributed by atoms with Crippen LogP contribution >= 0.6 is 11.3 Å². The van der Waals surface area contributed by atoms with Gasteiger partial charge in [-0.3, -0.25) is 25.2 Å². The molecular formula is C21H24N4O3S. The summed E-state index contributed by atoms with van der Waals surface area (Å²) in [5, 5.41) is 1.82. The zero-order chi connectivity index (χ0) is 20.6. The number of para-hydroxylation sites is 2. The first-order valence-electron chi connectivity index (χ1n) is 9.67. The summed E-state index contributed by atoms with van der Waals surface area (Å²) >= 11 is 1.35. The van der Waals surface area contributed by atoms with Crippen LogP contribution in [0.4, 0.5) is 0 Å². The Morgan fingerprint density at radius 1 is 1.03 bits per heavy atom. The Morgan fingerprint density at radius 3 is 2.59 bits per heavy atom. The number of carbonyl (C=O) groups excluding carboxylic acids is 3. The molecule has 2 aromatic heterocycles. The number of imidazole rings is 1. The number of unbranched alkanes of at least 4 members (excludes halogenated alkanes) is 1. The molecule has 0 aliphatic rings. The van der Waals surface area contributed by atoms with Crippen LogP contribution in [0.5, 0.6) is 0 Å². The Morgan fingerprint density at radius 2 is 1.83 bits per heavy atom. The van der Waals surface area contributed by atoms with E-state index in [4.69, 9.17) is 0 Å². The Labute approximate surface area is 173 Å². The highest BCUT2D eigenvalue weighted by Gasteiger charge is 2.14. The number of aromatic nitrogens is 2. The maximum Gasteiger partial charge on any atom is 0.258 e. The first kappa shape index (κ1) is 20.7. The molecule has 1 aromatic carbocycles. The van der Waals surface area contributed by atoms with Gasteiger partial charge in [-0.05, 0) is 30.0 Å². The van der Waals surface area contributed by atoms with Gasteiger partial charge in [-0.1, -0.05) is 31.5 Å². The highest BCUT2D eigenvalue weighted by molar-refractivity contribution is 7.12. The van der Waals surface area contributed by atoms with Gasteiger partial charge in [-0.15, -0.1) is 11.3 Å². The van der Waals surface area contributed by atoms with Crippen LogP contribution in [0.25, 0.3) is 11.0 Å². The summed E-state index contributed by atoms with van der Waals surface area (Å²) in [6, 6.07) is 11.2. The molecule has 0 atom stereocenters. The molecule has 7 nitrogen and oxygen atoms in total. The van der Waals surface area contributed by atoms with Gasteiger partial charge in [0.15, 0.2) is 5.78 Å². The van der Waals surface area contributed by atoms with Crippen LogP contribution in [-0.4, -0.2) is 27.1 Å². The molecule has 152 valence electrons. The van der Waals surface area contributed by atoms with Crippen molar-refractivity contribution < 1.29 is 14.4 Å². The smallest absolute Gasteiger partial charge is 0.258 e. The molecule has 2 N–H and O–H groups in total. The van der Waals surface area contributed by atoms with Crippen molar-refractivity contribution in [1.82, 2.24) is 20.4 Å². The molecule has 0 aliphatic carbocycles. The molecule has 29 heavy (non-hydrogen) atoms. The summed E-state index contributed by atoms with van der Waals surface area (Å²) in [5.41, 5.74) is 6.56. The number of thiophene rings is 1. The van der Waals surface area contributed by atoms with E-state index in [1.165, 1.54) is 11.3 Å². The van der Waals surface area contributed by atoms with Crippen LogP contribution in [0.3, 0.4) is 0 Å². The van der Waals surface area contributed by atoms with Gasteiger partial charge < -0.3 is 4.57 Å². The number of nitrogens with one attached hydrogen (secondary N) is 2. The number of benzene rings is 1. The number of hydrazine groups is 1. The zero-order valence-corrected chi connectivity index (χ0v) is 17.1. The summed E-state index contributed by atoms with van der Waals surface area (Å²) in [6.45, 7) is 2.17. The van der Waals surface area contributed by atoms with Gasteiger partial charge in [0.1, 0.15) is 12.4 Å².